The van der Waals surface area contributed by atoms with Gasteiger partial charge in [-0.2, -0.15) is 0 Å². The minimum Gasteiger partial charge on any atom is -0.365 e. The van der Waals surface area contributed by atoms with Gasteiger partial charge in [-0.15, -0.1) is 11.3 Å². The number of thiazole rings is 1. The highest BCUT2D eigenvalue weighted by molar-refractivity contribution is 7.13. The van der Waals surface area contributed by atoms with Gasteiger partial charge in [0.25, 0.3) is 0 Å². The molecule has 1 aliphatic rings. The van der Waals surface area contributed by atoms with Crippen LogP contribution < -0.4 is 11.1 Å². The summed E-state index contributed by atoms with van der Waals surface area (Å²) in [6.07, 6.45) is 5.97. The number of hydrogen-bond donors (Lipinski definition) is 2. The lowest BCUT2D eigenvalue weighted by Crippen LogP contribution is -2.38. The van der Waals surface area contributed by atoms with Crippen molar-refractivity contribution < 1.29 is 0 Å². The van der Waals surface area contributed by atoms with Crippen LogP contribution in [-0.2, 0) is 5.54 Å². The molecule has 0 bridgehead atoms. The van der Waals surface area contributed by atoms with Crippen molar-refractivity contribution >= 4 is 16.5 Å². The summed E-state index contributed by atoms with van der Waals surface area (Å²) in [6.45, 7) is 0. The predicted molar refractivity (Wildman–Crippen MR) is 60.6 cm³/mol. The predicted octanol–water partition coefficient (Wildman–Crippen LogP) is 2.30. The van der Waals surface area contributed by atoms with E-state index < -0.39 is 0 Å². The Hall–Kier alpha value is -0.610. The molecule has 1 aromatic heterocycles. The number of anilines is 1. The van der Waals surface area contributed by atoms with E-state index in [1.807, 2.05) is 7.05 Å². The quantitative estimate of drug-likeness (QED) is 0.789. The first-order valence-electron chi connectivity index (χ1n) is 5.17. The maximum atomic E-state index is 6.36. The van der Waals surface area contributed by atoms with E-state index in [1.165, 1.54) is 19.3 Å². The van der Waals surface area contributed by atoms with Crippen molar-refractivity contribution in [1.29, 1.82) is 0 Å². The van der Waals surface area contributed by atoms with E-state index in [2.05, 4.69) is 15.7 Å². The molecule has 1 fully saturated rings. The third kappa shape index (κ3) is 1.77. The molecule has 0 amide bonds. The van der Waals surface area contributed by atoms with Gasteiger partial charge in [0.2, 0.25) is 0 Å². The Morgan fingerprint density at radius 1 is 1.43 bits per heavy atom. The molecule has 3 nitrogen and oxygen atoms in total. The molecule has 0 atom stereocenters. The molecule has 0 unspecified atom stereocenters. The highest BCUT2D eigenvalue weighted by Crippen LogP contribution is 2.35. The van der Waals surface area contributed by atoms with E-state index in [4.69, 9.17) is 5.73 Å². The Morgan fingerprint density at radius 3 is 2.71 bits per heavy atom. The third-order valence-corrected chi connectivity index (χ3v) is 3.83. The largest absolute Gasteiger partial charge is 0.365 e. The van der Waals surface area contributed by atoms with Crippen LogP contribution in [-0.4, -0.2) is 12.0 Å². The molecule has 0 aliphatic heterocycles. The number of nitrogens with two attached hydrogens (primary N) is 1. The Balaban J connectivity index is 2.19. The Labute approximate surface area is 88.7 Å². The molecule has 3 N–H and O–H groups in total. The van der Waals surface area contributed by atoms with Gasteiger partial charge in [0.1, 0.15) is 0 Å². The number of nitrogens with zero attached hydrogens (tertiary/aromatic N) is 1. The maximum Gasteiger partial charge on any atom is 0.182 e. The molecule has 4 heteroatoms. The van der Waals surface area contributed by atoms with Gasteiger partial charge in [0.15, 0.2) is 5.13 Å². The first-order valence-corrected chi connectivity index (χ1v) is 6.05. The molecule has 1 saturated carbocycles. The summed E-state index contributed by atoms with van der Waals surface area (Å²) in [4.78, 5) is 4.51. The zero-order chi connectivity index (χ0) is 10.0. The number of hydrogen-bond acceptors (Lipinski definition) is 4. The molecule has 0 spiro atoms. The van der Waals surface area contributed by atoms with Crippen LogP contribution in [0.2, 0.25) is 0 Å². The van der Waals surface area contributed by atoms with E-state index in [0.29, 0.717) is 0 Å². The number of rotatable bonds is 2. The van der Waals surface area contributed by atoms with Crippen molar-refractivity contribution in [3.05, 3.63) is 11.1 Å². The molecule has 1 aromatic rings. The average Bonchev–Trinajstić information content (AvgIpc) is 2.67. The van der Waals surface area contributed by atoms with Crippen molar-refractivity contribution in [3.63, 3.8) is 0 Å². The molecule has 1 heterocycles. The molecule has 0 aromatic carbocycles. The third-order valence-electron chi connectivity index (χ3n) is 2.97. The van der Waals surface area contributed by atoms with Gasteiger partial charge in [-0.05, 0) is 12.8 Å². The Kier molecular flexibility index (Phi) is 2.74. The van der Waals surface area contributed by atoms with Crippen LogP contribution in [0.15, 0.2) is 5.38 Å². The van der Waals surface area contributed by atoms with Crippen LogP contribution in [0.3, 0.4) is 0 Å². The minimum absolute atomic E-state index is 0.149. The van der Waals surface area contributed by atoms with Crippen LogP contribution in [0.25, 0.3) is 0 Å². The summed E-state index contributed by atoms with van der Waals surface area (Å²) < 4.78 is 0. The van der Waals surface area contributed by atoms with E-state index in [0.717, 1.165) is 23.7 Å². The summed E-state index contributed by atoms with van der Waals surface area (Å²) in [5.41, 5.74) is 7.29. The lowest BCUT2D eigenvalue weighted by molar-refractivity contribution is 0.296. The van der Waals surface area contributed by atoms with E-state index in [-0.39, 0.29) is 5.54 Å². The van der Waals surface area contributed by atoms with Crippen LogP contribution in [0.1, 0.15) is 37.8 Å². The van der Waals surface area contributed by atoms with Crippen LogP contribution >= 0.6 is 11.3 Å². The zero-order valence-corrected chi connectivity index (χ0v) is 9.36. The minimum atomic E-state index is -0.149. The fraction of sp³-hybridized carbons (Fsp3) is 0.700. The Morgan fingerprint density at radius 2 is 2.14 bits per heavy atom. The van der Waals surface area contributed by atoms with Crippen LogP contribution in [0.5, 0.6) is 0 Å². The molecular formula is C10H17N3S. The second kappa shape index (κ2) is 3.87. The maximum absolute atomic E-state index is 6.36. The smallest absolute Gasteiger partial charge is 0.182 e. The van der Waals surface area contributed by atoms with Gasteiger partial charge < -0.3 is 11.1 Å². The molecule has 0 radical (unpaired) electrons. The van der Waals surface area contributed by atoms with E-state index >= 15 is 0 Å². The first kappa shape index (κ1) is 9.93. The number of nitrogens with one attached hydrogen (secondary N) is 1. The lowest BCUT2D eigenvalue weighted by Gasteiger charge is -2.31. The van der Waals surface area contributed by atoms with Gasteiger partial charge >= 0.3 is 0 Å². The van der Waals surface area contributed by atoms with E-state index in [1.54, 1.807) is 11.3 Å². The van der Waals surface area contributed by atoms with Gasteiger partial charge in [0, 0.05) is 12.4 Å². The van der Waals surface area contributed by atoms with Crippen molar-refractivity contribution in [1.82, 2.24) is 4.98 Å². The van der Waals surface area contributed by atoms with Crippen molar-refractivity contribution in [2.75, 3.05) is 12.4 Å². The van der Waals surface area contributed by atoms with Crippen molar-refractivity contribution in [3.8, 4) is 0 Å². The summed E-state index contributed by atoms with van der Waals surface area (Å²) in [7, 11) is 1.90. The summed E-state index contributed by atoms with van der Waals surface area (Å²) in [5, 5.41) is 6.12. The summed E-state index contributed by atoms with van der Waals surface area (Å²) in [5.74, 6) is 0. The van der Waals surface area contributed by atoms with Gasteiger partial charge in [-0.25, -0.2) is 4.98 Å². The normalized spacial score (nSPS) is 20.7. The van der Waals surface area contributed by atoms with Crippen molar-refractivity contribution in [2.24, 2.45) is 5.73 Å². The number of aromatic nitrogens is 1. The standard InChI is InChI=1S/C10H17N3S/c1-12-9-13-8(7-14-9)10(11)5-3-2-4-6-10/h7H,2-6,11H2,1H3,(H,12,13). The molecule has 0 saturated heterocycles. The highest BCUT2D eigenvalue weighted by atomic mass is 32.1. The van der Waals surface area contributed by atoms with E-state index in [9.17, 15) is 0 Å². The molecule has 2 rings (SSSR count). The average molecular weight is 211 g/mol. The second-order valence-corrected chi connectivity index (χ2v) is 4.86. The van der Waals surface area contributed by atoms with Crippen LogP contribution in [0, 0.1) is 0 Å². The highest BCUT2D eigenvalue weighted by Gasteiger charge is 2.31. The Bertz CT molecular complexity index is 302. The molecule has 78 valence electrons. The molecular weight excluding hydrogens is 194 g/mol. The monoisotopic (exact) mass is 211 g/mol. The summed E-state index contributed by atoms with van der Waals surface area (Å²) in [6, 6.07) is 0. The fourth-order valence-corrected chi connectivity index (χ4v) is 2.84. The second-order valence-electron chi connectivity index (χ2n) is 4.00. The fourth-order valence-electron chi connectivity index (χ4n) is 2.06. The molecule has 14 heavy (non-hydrogen) atoms. The molecule has 1 aliphatic carbocycles. The van der Waals surface area contributed by atoms with Gasteiger partial charge in [-0.1, -0.05) is 19.3 Å². The first-order chi connectivity index (χ1) is 6.74. The van der Waals surface area contributed by atoms with Crippen molar-refractivity contribution in [2.45, 2.75) is 37.6 Å². The topological polar surface area (TPSA) is 50.9 Å². The van der Waals surface area contributed by atoms with Crippen LogP contribution in [0.4, 0.5) is 5.13 Å². The lowest BCUT2D eigenvalue weighted by atomic mass is 9.81. The summed E-state index contributed by atoms with van der Waals surface area (Å²) >= 11 is 1.64. The SMILES string of the molecule is CNc1nc(C2(N)CCCCC2)cs1. The van der Waals surface area contributed by atoms with Gasteiger partial charge in [-0.3, -0.25) is 0 Å². The van der Waals surface area contributed by atoms with Gasteiger partial charge in [0.05, 0.1) is 11.2 Å². The zero-order valence-electron chi connectivity index (χ0n) is 8.55.